The zero-order valence-electron chi connectivity index (χ0n) is 8.56. The van der Waals surface area contributed by atoms with E-state index in [4.69, 9.17) is 9.47 Å². The highest BCUT2D eigenvalue weighted by Gasteiger charge is 2.01. The lowest BCUT2D eigenvalue weighted by Crippen LogP contribution is -2.06. The van der Waals surface area contributed by atoms with Crippen LogP contribution in [0.1, 0.15) is 46.5 Å². The molecule has 0 aromatic heterocycles. The molecule has 0 fully saturated rings. The second-order valence-electron chi connectivity index (χ2n) is 2.90. The molecule has 0 bridgehead atoms. The van der Waals surface area contributed by atoms with Gasteiger partial charge in [-0.15, -0.1) is 0 Å². The van der Waals surface area contributed by atoms with E-state index in [-0.39, 0.29) is 0 Å². The first-order valence-electron chi connectivity index (χ1n) is 4.90. The van der Waals surface area contributed by atoms with Crippen LogP contribution in [0.3, 0.4) is 0 Å². The number of hydrogen-bond acceptors (Lipinski definition) is 2. The molecule has 0 aliphatic carbocycles. The van der Waals surface area contributed by atoms with Crippen LogP contribution in [0.15, 0.2) is 0 Å². The van der Waals surface area contributed by atoms with Crippen molar-refractivity contribution < 1.29 is 9.47 Å². The van der Waals surface area contributed by atoms with Gasteiger partial charge in [0.15, 0.2) is 0 Å². The summed E-state index contributed by atoms with van der Waals surface area (Å²) in [4.78, 5) is 0. The Kier molecular flexibility index (Phi) is 8.95. The van der Waals surface area contributed by atoms with Crippen LogP contribution in [0.2, 0.25) is 0 Å². The highest BCUT2D eigenvalue weighted by molar-refractivity contribution is 4.54. The molecule has 1 radical (unpaired) electrons. The fourth-order valence-electron chi connectivity index (χ4n) is 0.762. The van der Waals surface area contributed by atoms with Gasteiger partial charge in [-0.25, -0.2) is 0 Å². The molecule has 0 rings (SSSR count). The van der Waals surface area contributed by atoms with Gasteiger partial charge in [0.1, 0.15) is 0 Å². The Morgan fingerprint density at radius 3 is 1.67 bits per heavy atom. The van der Waals surface area contributed by atoms with Gasteiger partial charge in [0, 0.05) is 0 Å². The molecule has 0 N–H and O–H groups in total. The summed E-state index contributed by atoms with van der Waals surface area (Å²) >= 11 is 0. The molecule has 0 aliphatic heterocycles. The minimum atomic E-state index is 0.719. The van der Waals surface area contributed by atoms with E-state index in [1.807, 2.05) is 6.92 Å². The zero-order chi connectivity index (χ0) is 9.23. The van der Waals surface area contributed by atoms with Crippen molar-refractivity contribution in [2.75, 3.05) is 13.2 Å². The molecule has 73 valence electrons. The fraction of sp³-hybridized carbons (Fsp3) is 0.900. The van der Waals surface area contributed by atoms with Crippen LogP contribution in [0, 0.1) is 6.29 Å². The molecule has 2 heteroatoms. The Morgan fingerprint density at radius 1 is 0.917 bits per heavy atom. The summed E-state index contributed by atoms with van der Waals surface area (Å²) in [7, 11) is 0. The molecule has 0 amide bonds. The normalized spacial score (nSPS) is 11.0. The molecule has 2 nitrogen and oxygen atoms in total. The van der Waals surface area contributed by atoms with E-state index in [9.17, 15) is 0 Å². The highest BCUT2D eigenvalue weighted by atomic mass is 16.7. The molecule has 0 spiro atoms. The largest absolute Gasteiger partial charge is 0.346 e. The molecule has 0 saturated heterocycles. The van der Waals surface area contributed by atoms with Crippen LogP contribution in [-0.4, -0.2) is 13.2 Å². The quantitative estimate of drug-likeness (QED) is 0.525. The fourth-order valence-corrected chi connectivity index (χ4v) is 0.762. The van der Waals surface area contributed by atoms with E-state index in [1.165, 1.54) is 12.8 Å². The maximum absolute atomic E-state index is 5.32. The summed E-state index contributed by atoms with van der Waals surface area (Å²) in [6.45, 7) is 7.75. The van der Waals surface area contributed by atoms with Crippen LogP contribution < -0.4 is 0 Å². The van der Waals surface area contributed by atoms with Crippen LogP contribution in [-0.2, 0) is 9.47 Å². The third-order valence-electron chi connectivity index (χ3n) is 1.61. The maximum Gasteiger partial charge on any atom is 0.220 e. The van der Waals surface area contributed by atoms with Crippen LogP contribution >= 0.6 is 0 Å². The minimum absolute atomic E-state index is 0.719. The number of rotatable bonds is 8. The van der Waals surface area contributed by atoms with Crippen molar-refractivity contribution in [2.45, 2.75) is 46.5 Å². The summed E-state index contributed by atoms with van der Waals surface area (Å²) in [6.07, 6.45) is 5.27. The van der Waals surface area contributed by atoms with Crippen LogP contribution in [0.4, 0.5) is 0 Å². The van der Waals surface area contributed by atoms with Crippen molar-refractivity contribution in [2.24, 2.45) is 0 Å². The number of unbranched alkanes of at least 4 members (excludes halogenated alkanes) is 2. The van der Waals surface area contributed by atoms with Gasteiger partial charge in [0.05, 0.1) is 13.2 Å². The molecule has 0 aromatic rings. The minimum Gasteiger partial charge on any atom is -0.346 e. The molecule has 0 saturated carbocycles. The van der Waals surface area contributed by atoms with Gasteiger partial charge in [0.2, 0.25) is 6.29 Å². The van der Waals surface area contributed by atoms with E-state index in [0.29, 0.717) is 0 Å². The molecule has 0 aromatic carbocycles. The monoisotopic (exact) mass is 173 g/mol. The van der Waals surface area contributed by atoms with E-state index in [1.54, 1.807) is 0 Å². The molecule has 0 unspecified atom stereocenters. The molecule has 0 heterocycles. The first-order chi connectivity index (χ1) is 5.81. The first kappa shape index (κ1) is 11.9. The predicted octanol–water partition coefficient (Wildman–Crippen LogP) is 3.13. The lowest BCUT2D eigenvalue weighted by atomic mass is 10.4. The molecule has 0 atom stereocenters. The summed E-state index contributed by atoms with van der Waals surface area (Å²) in [5.74, 6) is 0. The average Bonchev–Trinajstić information content (AvgIpc) is 2.06. The van der Waals surface area contributed by atoms with Gasteiger partial charge in [-0.1, -0.05) is 26.7 Å². The van der Waals surface area contributed by atoms with Gasteiger partial charge in [-0.2, -0.15) is 0 Å². The van der Waals surface area contributed by atoms with Crippen molar-refractivity contribution in [1.29, 1.82) is 0 Å². The third-order valence-corrected chi connectivity index (χ3v) is 1.61. The number of hydrogen-bond donors (Lipinski definition) is 0. The van der Waals surface area contributed by atoms with Gasteiger partial charge < -0.3 is 9.47 Å². The molecular formula is C10H21O2. The van der Waals surface area contributed by atoms with E-state index in [0.717, 1.165) is 32.3 Å². The molecule has 12 heavy (non-hydrogen) atoms. The van der Waals surface area contributed by atoms with E-state index < -0.39 is 0 Å². The van der Waals surface area contributed by atoms with E-state index >= 15 is 0 Å². The van der Waals surface area contributed by atoms with Gasteiger partial charge in [-0.3, -0.25) is 0 Å². The van der Waals surface area contributed by atoms with Crippen LogP contribution in [0.25, 0.3) is 0 Å². The first-order valence-corrected chi connectivity index (χ1v) is 4.90. The molecular weight excluding hydrogens is 152 g/mol. The Hall–Kier alpha value is -0.0800. The SMILES string of the molecule is CCCCO[C](C)OCCCC. The Morgan fingerprint density at radius 2 is 1.33 bits per heavy atom. The van der Waals surface area contributed by atoms with Crippen LogP contribution in [0.5, 0.6) is 0 Å². The lowest BCUT2D eigenvalue weighted by Gasteiger charge is -2.11. The third kappa shape index (κ3) is 8.02. The second kappa shape index (κ2) is 9.01. The van der Waals surface area contributed by atoms with Crippen molar-refractivity contribution in [3.63, 3.8) is 0 Å². The number of ether oxygens (including phenoxy) is 2. The smallest absolute Gasteiger partial charge is 0.220 e. The highest BCUT2D eigenvalue weighted by Crippen LogP contribution is 2.05. The molecule has 0 aliphatic rings. The topological polar surface area (TPSA) is 18.5 Å². The summed E-state index contributed by atoms with van der Waals surface area (Å²) < 4.78 is 10.6. The summed E-state index contributed by atoms with van der Waals surface area (Å²) in [6, 6.07) is 0. The predicted molar refractivity (Wildman–Crippen MR) is 50.6 cm³/mol. The van der Waals surface area contributed by atoms with Crippen molar-refractivity contribution in [1.82, 2.24) is 0 Å². The van der Waals surface area contributed by atoms with E-state index in [2.05, 4.69) is 13.8 Å². The zero-order valence-corrected chi connectivity index (χ0v) is 8.56. The van der Waals surface area contributed by atoms with Crippen molar-refractivity contribution in [3.8, 4) is 0 Å². The van der Waals surface area contributed by atoms with Gasteiger partial charge in [0.25, 0.3) is 0 Å². The summed E-state index contributed by atoms with van der Waals surface area (Å²) in [5, 5.41) is 0. The second-order valence-corrected chi connectivity index (χ2v) is 2.90. The Balaban J connectivity index is 3.04. The van der Waals surface area contributed by atoms with Crippen molar-refractivity contribution in [3.05, 3.63) is 6.29 Å². The van der Waals surface area contributed by atoms with Gasteiger partial charge >= 0.3 is 0 Å². The Bertz CT molecular complexity index is 73.9. The van der Waals surface area contributed by atoms with Gasteiger partial charge in [-0.05, 0) is 19.8 Å². The lowest BCUT2D eigenvalue weighted by molar-refractivity contribution is -0.0387. The standard InChI is InChI=1S/C10H21O2/c1-4-6-8-11-10(3)12-9-7-5-2/h4-9H2,1-3H3. The Labute approximate surface area is 76.3 Å². The van der Waals surface area contributed by atoms with Crippen molar-refractivity contribution >= 4 is 0 Å². The maximum atomic E-state index is 5.32. The average molecular weight is 173 g/mol. The summed E-state index contributed by atoms with van der Waals surface area (Å²) in [5.41, 5.74) is 0.